The smallest absolute Gasteiger partial charge is 0.337 e. The lowest BCUT2D eigenvalue weighted by atomic mass is 9.69. The van der Waals surface area contributed by atoms with Gasteiger partial charge in [0.2, 0.25) is 0 Å². The summed E-state index contributed by atoms with van der Waals surface area (Å²) < 4.78 is 16.1. The number of Topliss-reactive ketones (excluding diaryl/α,β-unsaturated/α-hetero) is 1. The number of ether oxygens (including phenoxy) is 3. The van der Waals surface area contributed by atoms with E-state index in [9.17, 15) is 19.5 Å². The Hall–Kier alpha value is -3.29. The van der Waals surface area contributed by atoms with Crippen molar-refractivity contribution in [1.29, 1.82) is 0 Å². The first-order valence-electron chi connectivity index (χ1n) is 11.6. The molecule has 1 aliphatic heterocycles. The van der Waals surface area contributed by atoms with Gasteiger partial charge in [0.05, 0.1) is 25.4 Å². The van der Waals surface area contributed by atoms with Crippen LogP contribution in [0.1, 0.15) is 58.9 Å². The minimum absolute atomic E-state index is 0.0470. The molecule has 184 valence electrons. The summed E-state index contributed by atoms with van der Waals surface area (Å²) in [4.78, 5) is 39.6. The van der Waals surface area contributed by atoms with Crippen LogP contribution < -0.4 is 10.1 Å². The van der Waals surface area contributed by atoms with Crippen molar-refractivity contribution in [3.05, 3.63) is 46.3 Å². The lowest BCUT2D eigenvalue weighted by Crippen LogP contribution is -2.43. The number of phenolic OH excluding ortho intramolecular Hbond substituents is 1. The molecule has 1 aromatic rings. The largest absolute Gasteiger partial charge is 0.504 e. The molecule has 1 heterocycles. The van der Waals surface area contributed by atoms with Crippen LogP contribution in [0.15, 0.2) is 40.7 Å². The number of phenols is 1. The summed E-state index contributed by atoms with van der Waals surface area (Å²) in [5, 5.41) is 13.5. The third-order valence-corrected chi connectivity index (χ3v) is 6.46. The van der Waals surface area contributed by atoms with Gasteiger partial charge in [0.1, 0.15) is 5.92 Å². The molecule has 0 bridgehead atoms. The first kappa shape index (κ1) is 25.3. The van der Waals surface area contributed by atoms with Crippen molar-refractivity contribution in [2.24, 2.45) is 11.8 Å². The molecule has 0 fully saturated rings. The van der Waals surface area contributed by atoms with Crippen LogP contribution in [0.3, 0.4) is 0 Å². The molecule has 0 saturated heterocycles. The quantitative estimate of drug-likeness (QED) is 0.457. The zero-order chi connectivity index (χ0) is 25.2. The Morgan fingerprint density at radius 3 is 2.59 bits per heavy atom. The number of esters is 2. The van der Waals surface area contributed by atoms with Crippen LogP contribution in [-0.4, -0.2) is 42.6 Å². The molecule has 1 aromatic carbocycles. The van der Waals surface area contributed by atoms with Crippen molar-refractivity contribution < 1.29 is 33.7 Å². The predicted molar refractivity (Wildman–Crippen MR) is 125 cm³/mol. The van der Waals surface area contributed by atoms with Gasteiger partial charge in [-0.25, -0.2) is 4.79 Å². The van der Waals surface area contributed by atoms with Crippen molar-refractivity contribution in [2.75, 3.05) is 13.7 Å². The van der Waals surface area contributed by atoms with Crippen LogP contribution in [0.2, 0.25) is 0 Å². The van der Waals surface area contributed by atoms with Crippen LogP contribution in [0.25, 0.3) is 0 Å². The van der Waals surface area contributed by atoms with Gasteiger partial charge in [0.15, 0.2) is 17.3 Å². The van der Waals surface area contributed by atoms with E-state index in [0.717, 1.165) is 0 Å². The van der Waals surface area contributed by atoms with E-state index in [4.69, 9.17) is 14.2 Å². The molecule has 8 heteroatoms. The van der Waals surface area contributed by atoms with E-state index in [-0.39, 0.29) is 29.3 Å². The summed E-state index contributed by atoms with van der Waals surface area (Å²) in [5.41, 5.74) is 2.46. The molecule has 8 nitrogen and oxygen atoms in total. The number of allylic oxidation sites excluding steroid dienone is 3. The van der Waals surface area contributed by atoms with Gasteiger partial charge in [0, 0.05) is 22.9 Å². The fourth-order valence-electron chi connectivity index (χ4n) is 4.60. The van der Waals surface area contributed by atoms with Crippen molar-refractivity contribution in [1.82, 2.24) is 5.32 Å². The molecule has 2 N–H and O–H groups in total. The summed E-state index contributed by atoms with van der Waals surface area (Å²) in [5.74, 6) is -3.36. The molecule has 0 spiro atoms. The summed E-state index contributed by atoms with van der Waals surface area (Å²) in [6.07, 6.45) is 0.768. The summed E-state index contributed by atoms with van der Waals surface area (Å²) >= 11 is 0. The monoisotopic (exact) mass is 471 g/mol. The number of methoxy groups -OCH3 is 1. The maximum absolute atomic E-state index is 13.7. The van der Waals surface area contributed by atoms with E-state index in [1.165, 1.54) is 13.2 Å². The molecule has 1 aliphatic carbocycles. The number of carbonyl (C=O) groups excluding carboxylic acids is 3. The molecule has 0 amide bonds. The molecule has 0 unspecified atom stereocenters. The maximum Gasteiger partial charge on any atom is 0.337 e. The Morgan fingerprint density at radius 1 is 1.26 bits per heavy atom. The highest BCUT2D eigenvalue weighted by Crippen LogP contribution is 2.46. The SMILES string of the molecule is CCOc1cc([C@@H]2C(C(=O)O[C@@H](C)CC)=C(C)NC3=C2C(=O)[C@H](C(=O)OC)[C@H](C)C3)ccc1O. The van der Waals surface area contributed by atoms with E-state index in [0.29, 0.717) is 47.6 Å². The Bertz CT molecular complexity index is 1060. The number of benzene rings is 1. The van der Waals surface area contributed by atoms with Crippen molar-refractivity contribution in [2.45, 2.75) is 59.5 Å². The number of nitrogens with one attached hydrogen (secondary N) is 1. The molecule has 3 rings (SSSR count). The Labute approximate surface area is 200 Å². The number of ketones is 1. The van der Waals surface area contributed by atoms with Crippen LogP contribution in [-0.2, 0) is 23.9 Å². The summed E-state index contributed by atoms with van der Waals surface area (Å²) in [6.45, 7) is 9.45. The standard InChI is InChI=1S/C26H33NO7/c1-7-14(4)34-26(31)21-15(5)27-17-11-13(3)20(25(30)32-6)24(29)23(17)22(21)16-9-10-18(28)19(12-16)33-8-2/h9-10,12-14,20,22,27-28H,7-8,11H2,1-6H3/t13-,14+,20-,22-/m1/s1. The number of aromatic hydroxyl groups is 1. The number of rotatable bonds is 7. The van der Waals surface area contributed by atoms with Crippen molar-refractivity contribution in [3.8, 4) is 11.5 Å². The fraction of sp³-hybridized carbons (Fsp3) is 0.500. The van der Waals surface area contributed by atoms with Crippen LogP contribution in [0, 0.1) is 11.8 Å². The molecule has 0 radical (unpaired) electrons. The van der Waals surface area contributed by atoms with Gasteiger partial charge < -0.3 is 24.6 Å². The van der Waals surface area contributed by atoms with Crippen LogP contribution in [0.5, 0.6) is 11.5 Å². The Balaban J connectivity index is 2.20. The van der Waals surface area contributed by atoms with E-state index in [1.807, 2.05) is 13.8 Å². The minimum atomic E-state index is -0.971. The second-order valence-electron chi connectivity index (χ2n) is 8.82. The average Bonchev–Trinajstić information content (AvgIpc) is 2.79. The van der Waals surface area contributed by atoms with Crippen LogP contribution in [0.4, 0.5) is 0 Å². The predicted octanol–water partition coefficient (Wildman–Crippen LogP) is 3.75. The molecule has 34 heavy (non-hydrogen) atoms. The minimum Gasteiger partial charge on any atom is -0.504 e. The zero-order valence-electron chi connectivity index (χ0n) is 20.6. The maximum atomic E-state index is 13.7. The molecule has 0 aromatic heterocycles. The van der Waals surface area contributed by atoms with E-state index >= 15 is 0 Å². The highest BCUT2D eigenvalue weighted by atomic mass is 16.5. The normalized spacial score (nSPS) is 23.1. The van der Waals surface area contributed by atoms with Gasteiger partial charge in [-0.3, -0.25) is 9.59 Å². The Morgan fingerprint density at radius 2 is 1.97 bits per heavy atom. The number of carbonyl (C=O) groups is 3. The van der Waals surface area contributed by atoms with E-state index in [2.05, 4.69) is 5.32 Å². The molecular formula is C26H33NO7. The number of dihydropyridines is 1. The van der Waals surface area contributed by atoms with Gasteiger partial charge >= 0.3 is 11.9 Å². The van der Waals surface area contributed by atoms with E-state index in [1.54, 1.807) is 32.9 Å². The number of hydrogen-bond donors (Lipinski definition) is 2. The van der Waals surface area contributed by atoms with Crippen molar-refractivity contribution in [3.63, 3.8) is 0 Å². The van der Waals surface area contributed by atoms with Gasteiger partial charge in [-0.2, -0.15) is 0 Å². The lowest BCUT2D eigenvalue weighted by Gasteiger charge is -2.38. The second kappa shape index (κ2) is 10.3. The first-order chi connectivity index (χ1) is 16.1. The Kier molecular flexibility index (Phi) is 7.69. The fourth-order valence-corrected chi connectivity index (χ4v) is 4.60. The van der Waals surface area contributed by atoms with Gasteiger partial charge in [-0.05, 0) is 57.2 Å². The average molecular weight is 472 g/mol. The highest BCUT2D eigenvalue weighted by molar-refractivity contribution is 6.12. The molecule has 4 atom stereocenters. The number of hydrogen-bond acceptors (Lipinski definition) is 8. The topological polar surface area (TPSA) is 111 Å². The first-order valence-corrected chi connectivity index (χ1v) is 11.6. The molecule has 0 saturated carbocycles. The van der Waals surface area contributed by atoms with Crippen LogP contribution >= 0.6 is 0 Å². The van der Waals surface area contributed by atoms with Crippen molar-refractivity contribution >= 4 is 17.7 Å². The van der Waals surface area contributed by atoms with Gasteiger partial charge in [-0.1, -0.05) is 19.9 Å². The van der Waals surface area contributed by atoms with E-state index < -0.39 is 23.8 Å². The third kappa shape index (κ3) is 4.67. The van der Waals surface area contributed by atoms with Gasteiger partial charge in [0.25, 0.3) is 0 Å². The molecule has 2 aliphatic rings. The van der Waals surface area contributed by atoms with Gasteiger partial charge in [-0.15, -0.1) is 0 Å². The zero-order valence-corrected chi connectivity index (χ0v) is 20.6. The lowest BCUT2D eigenvalue weighted by molar-refractivity contribution is -0.151. The summed E-state index contributed by atoms with van der Waals surface area (Å²) in [6, 6.07) is 4.76. The highest BCUT2D eigenvalue weighted by Gasteiger charge is 2.47. The molecular weight excluding hydrogens is 438 g/mol. The second-order valence-corrected chi connectivity index (χ2v) is 8.82. The summed E-state index contributed by atoms with van der Waals surface area (Å²) in [7, 11) is 1.26. The third-order valence-electron chi connectivity index (χ3n) is 6.46.